The van der Waals surface area contributed by atoms with Crippen LogP contribution in [0, 0.1) is 0 Å². The van der Waals surface area contributed by atoms with Crippen molar-refractivity contribution < 1.29 is 4.79 Å². The lowest BCUT2D eigenvalue weighted by Gasteiger charge is -2.04. The minimum atomic E-state index is 0.133. The molecule has 3 aromatic rings. The van der Waals surface area contributed by atoms with Crippen LogP contribution in [-0.4, -0.2) is 10.4 Å². The molecule has 1 aliphatic heterocycles. The molecule has 0 aliphatic carbocycles. The molecular formula is C15H8BrNOS. The summed E-state index contributed by atoms with van der Waals surface area (Å²) in [6.45, 7) is 0. The van der Waals surface area contributed by atoms with Crippen LogP contribution in [0.4, 0.5) is 0 Å². The van der Waals surface area contributed by atoms with Gasteiger partial charge in [0, 0.05) is 21.6 Å². The predicted molar refractivity (Wildman–Crippen MR) is 80.2 cm³/mol. The molecule has 2 nitrogen and oxygen atoms in total. The fourth-order valence-corrected chi connectivity index (χ4v) is 3.74. The van der Waals surface area contributed by atoms with Crippen LogP contribution in [0.15, 0.2) is 52.4 Å². The van der Waals surface area contributed by atoms with Crippen molar-refractivity contribution in [3.8, 4) is 16.8 Å². The molecule has 0 saturated carbocycles. The van der Waals surface area contributed by atoms with Gasteiger partial charge in [-0.05, 0) is 29.8 Å². The van der Waals surface area contributed by atoms with Gasteiger partial charge in [0.2, 0.25) is 5.78 Å². The van der Waals surface area contributed by atoms with Gasteiger partial charge in [-0.15, -0.1) is 11.3 Å². The number of halogens is 1. The number of carbonyl (C=O) groups excluding carboxylic acids is 1. The van der Waals surface area contributed by atoms with Crippen molar-refractivity contribution in [1.29, 1.82) is 0 Å². The van der Waals surface area contributed by atoms with Gasteiger partial charge in [0.1, 0.15) is 4.88 Å². The number of rotatable bonds is 1. The van der Waals surface area contributed by atoms with E-state index < -0.39 is 0 Å². The quantitative estimate of drug-likeness (QED) is 0.503. The highest BCUT2D eigenvalue weighted by Gasteiger charge is 2.30. The van der Waals surface area contributed by atoms with Gasteiger partial charge in [-0.3, -0.25) is 4.79 Å². The molecule has 0 N–H and O–H groups in total. The minimum absolute atomic E-state index is 0.133. The number of thiophene rings is 1. The van der Waals surface area contributed by atoms with Crippen molar-refractivity contribution in [3.63, 3.8) is 0 Å². The second-order valence-corrected chi connectivity index (χ2v) is 6.22. The van der Waals surface area contributed by atoms with Crippen molar-refractivity contribution >= 4 is 33.0 Å². The summed E-state index contributed by atoms with van der Waals surface area (Å²) >= 11 is 4.97. The summed E-state index contributed by atoms with van der Waals surface area (Å²) in [5.74, 6) is 0.133. The topological polar surface area (TPSA) is 22.0 Å². The van der Waals surface area contributed by atoms with E-state index in [2.05, 4.69) is 33.4 Å². The average molecular weight is 330 g/mol. The van der Waals surface area contributed by atoms with Crippen molar-refractivity contribution in [1.82, 2.24) is 4.57 Å². The summed E-state index contributed by atoms with van der Waals surface area (Å²) in [5.41, 5.74) is 4.04. The van der Waals surface area contributed by atoms with Crippen molar-refractivity contribution in [2.24, 2.45) is 0 Å². The van der Waals surface area contributed by atoms with Gasteiger partial charge < -0.3 is 4.57 Å². The molecule has 0 amide bonds. The summed E-state index contributed by atoms with van der Waals surface area (Å²) in [5, 5.41) is 2.06. The summed E-state index contributed by atoms with van der Waals surface area (Å²) in [6, 6.07) is 12.0. The molecule has 1 aromatic carbocycles. The van der Waals surface area contributed by atoms with Gasteiger partial charge in [0.25, 0.3) is 0 Å². The molecule has 1 aliphatic rings. The lowest BCUT2D eigenvalue weighted by Crippen LogP contribution is -1.94. The fourth-order valence-electron chi connectivity index (χ4n) is 2.46. The average Bonchev–Trinajstić information content (AvgIpc) is 3.08. The van der Waals surface area contributed by atoms with Gasteiger partial charge in [-0.1, -0.05) is 28.1 Å². The Balaban J connectivity index is 1.97. The number of hydrogen-bond acceptors (Lipinski definition) is 2. The Morgan fingerprint density at radius 1 is 1.11 bits per heavy atom. The van der Waals surface area contributed by atoms with E-state index in [1.54, 1.807) is 0 Å². The molecule has 2 aromatic heterocycles. The normalized spacial score (nSPS) is 12.6. The maximum Gasteiger partial charge on any atom is 0.221 e. The Kier molecular flexibility index (Phi) is 2.31. The Morgan fingerprint density at radius 3 is 2.68 bits per heavy atom. The zero-order valence-electron chi connectivity index (χ0n) is 9.76. The summed E-state index contributed by atoms with van der Waals surface area (Å²) < 4.78 is 3.05. The molecule has 0 bridgehead atoms. The van der Waals surface area contributed by atoms with E-state index in [1.165, 1.54) is 11.3 Å². The lowest BCUT2D eigenvalue weighted by molar-refractivity contribution is 0.104. The Labute approximate surface area is 122 Å². The van der Waals surface area contributed by atoms with Gasteiger partial charge >= 0.3 is 0 Å². The van der Waals surface area contributed by atoms with Gasteiger partial charge in [-0.25, -0.2) is 0 Å². The minimum Gasteiger partial charge on any atom is -0.311 e. The van der Waals surface area contributed by atoms with E-state index >= 15 is 0 Å². The maximum absolute atomic E-state index is 12.2. The Bertz CT molecular complexity index is 798. The highest BCUT2D eigenvalue weighted by molar-refractivity contribution is 9.10. The number of benzene rings is 1. The van der Waals surface area contributed by atoms with Crippen molar-refractivity contribution in [2.75, 3.05) is 0 Å². The molecule has 92 valence electrons. The number of fused-ring (bicyclic) bond motifs is 3. The Morgan fingerprint density at radius 2 is 1.89 bits per heavy atom. The van der Waals surface area contributed by atoms with Crippen LogP contribution in [-0.2, 0) is 0 Å². The highest BCUT2D eigenvalue weighted by Crippen LogP contribution is 2.41. The lowest BCUT2D eigenvalue weighted by atomic mass is 10.1. The first-order valence-corrected chi connectivity index (χ1v) is 7.53. The van der Waals surface area contributed by atoms with Crippen LogP contribution >= 0.6 is 27.3 Å². The molecule has 4 rings (SSSR count). The molecule has 0 fully saturated rings. The van der Waals surface area contributed by atoms with Gasteiger partial charge in [0.15, 0.2) is 0 Å². The summed E-state index contributed by atoms with van der Waals surface area (Å²) in [6.07, 6.45) is 1.95. The van der Waals surface area contributed by atoms with Crippen LogP contribution < -0.4 is 0 Å². The van der Waals surface area contributed by atoms with E-state index in [-0.39, 0.29) is 5.78 Å². The molecule has 0 unspecified atom stereocenters. The first-order chi connectivity index (χ1) is 9.25. The fraction of sp³-hybridized carbons (Fsp3) is 0. The molecule has 0 saturated heterocycles. The number of ketones is 1. The van der Waals surface area contributed by atoms with E-state index in [4.69, 9.17) is 0 Å². The first-order valence-electron chi connectivity index (χ1n) is 5.85. The molecular weight excluding hydrogens is 322 g/mol. The standard InChI is InChI=1S/C15H8BrNOS/c16-10-5-3-9(4-6-10)11-8-19-15-13(11)17-7-1-2-12(17)14(15)18/h1-8H. The zero-order valence-corrected chi connectivity index (χ0v) is 12.2. The van der Waals surface area contributed by atoms with E-state index in [0.717, 1.165) is 31.9 Å². The van der Waals surface area contributed by atoms with Gasteiger partial charge in [0.05, 0.1) is 11.4 Å². The third-order valence-electron chi connectivity index (χ3n) is 3.35. The summed E-state index contributed by atoms with van der Waals surface area (Å²) in [7, 11) is 0. The molecule has 4 heteroatoms. The highest BCUT2D eigenvalue weighted by atomic mass is 79.9. The third-order valence-corrected chi connectivity index (χ3v) is 4.85. The van der Waals surface area contributed by atoms with Crippen molar-refractivity contribution in [3.05, 3.63) is 63.0 Å². The number of nitrogens with zero attached hydrogens (tertiary/aromatic N) is 1. The predicted octanol–water partition coefficient (Wildman–Crippen LogP) is 4.51. The number of carbonyl (C=O) groups is 1. The summed E-state index contributed by atoms with van der Waals surface area (Å²) in [4.78, 5) is 13.1. The monoisotopic (exact) mass is 329 g/mol. The maximum atomic E-state index is 12.2. The number of hydrogen-bond donors (Lipinski definition) is 0. The second kappa shape index (κ2) is 3.92. The van der Waals surface area contributed by atoms with E-state index in [1.807, 2.05) is 35.0 Å². The zero-order chi connectivity index (χ0) is 13.0. The Hall–Kier alpha value is -1.65. The van der Waals surface area contributed by atoms with Crippen LogP contribution in [0.2, 0.25) is 0 Å². The molecule has 0 radical (unpaired) electrons. The largest absolute Gasteiger partial charge is 0.311 e. The molecule has 3 heterocycles. The SMILES string of the molecule is O=C1c2scc(-c3ccc(Br)cc3)c2-n2cccc21. The molecule has 19 heavy (non-hydrogen) atoms. The first kappa shape index (κ1) is 11.2. The molecule has 0 spiro atoms. The van der Waals surface area contributed by atoms with Crippen LogP contribution in [0.3, 0.4) is 0 Å². The smallest absolute Gasteiger partial charge is 0.221 e. The number of aromatic nitrogens is 1. The van der Waals surface area contributed by atoms with E-state index in [0.29, 0.717) is 0 Å². The van der Waals surface area contributed by atoms with Crippen LogP contribution in [0.5, 0.6) is 0 Å². The third kappa shape index (κ3) is 1.50. The second-order valence-electron chi connectivity index (χ2n) is 4.43. The van der Waals surface area contributed by atoms with Crippen LogP contribution in [0.25, 0.3) is 16.8 Å². The van der Waals surface area contributed by atoms with E-state index in [9.17, 15) is 4.79 Å². The van der Waals surface area contributed by atoms with Crippen molar-refractivity contribution in [2.45, 2.75) is 0 Å². The molecule has 0 atom stereocenters. The van der Waals surface area contributed by atoms with Crippen LogP contribution in [0.1, 0.15) is 15.4 Å². The van der Waals surface area contributed by atoms with Gasteiger partial charge in [-0.2, -0.15) is 0 Å².